The van der Waals surface area contributed by atoms with Crippen LogP contribution < -0.4 is 10.1 Å². The summed E-state index contributed by atoms with van der Waals surface area (Å²) in [6, 6.07) is 6.18. The van der Waals surface area contributed by atoms with Crippen molar-refractivity contribution in [3.8, 4) is 16.9 Å². The van der Waals surface area contributed by atoms with Gasteiger partial charge in [-0.25, -0.2) is 0 Å². The van der Waals surface area contributed by atoms with Crippen LogP contribution in [0.25, 0.3) is 32.9 Å². The number of amides is 2. The first kappa shape index (κ1) is 26.1. The summed E-state index contributed by atoms with van der Waals surface area (Å²) in [6.07, 6.45) is 3.75. The van der Waals surface area contributed by atoms with Gasteiger partial charge in [-0.05, 0) is 54.6 Å². The molecule has 9 heteroatoms. The van der Waals surface area contributed by atoms with Crippen LogP contribution in [0.4, 0.5) is 0 Å². The number of aromatic nitrogens is 3. The highest BCUT2D eigenvalue weighted by molar-refractivity contribution is 6.19. The van der Waals surface area contributed by atoms with E-state index in [2.05, 4.69) is 53.9 Å². The number of benzene rings is 2. The van der Waals surface area contributed by atoms with E-state index in [1.165, 1.54) is 11.1 Å². The molecule has 7 rings (SSSR count). The lowest BCUT2D eigenvalue weighted by Crippen LogP contribution is -2.49. The van der Waals surface area contributed by atoms with Gasteiger partial charge in [-0.1, -0.05) is 20.8 Å². The summed E-state index contributed by atoms with van der Waals surface area (Å²) < 4.78 is 10.4. The molecule has 1 N–H and O–H groups in total. The maximum atomic E-state index is 13.3. The highest BCUT2D eigenvalue weighted by atomic mass is 16.5. The fraction of sp³-hybridized carbons (Fsp3) is 0.469. The van der Waals surface area contributed by atoms with Gasteiger partial charge < -0.3 is 24.4 Å². The van der Waals surface area contributed by atoms with Crippen LogP contribution >= 0.6 is 0 Å². The van der Waals surface area contributed by atoms with E-state index in [4.69, 9.17) is 9.84 Å². The quantitative estimate of drug-likeness (QED) is 0.393. The first-order valence-corrected chi connectivity index (χ1v) is 14.9. The molecule has 1 fully saturated rings. The molecule has 0 atom stereocenters. The largest absolute Gasteiger partial charge is 0.484 e. The van der Waals surface area contributed by atoms with Gasteiger partial charge >= 0.3 is 0 Å². The zero-order valence-corrected chi connectivity index (χ0v) is 24.4. The Morgan fingerprint density at radius 3 is 2.66 bits per heavy atom. The number of ether oxygens (including phenoxy) is 1. The minimum Gasteiger partial charge on any atom is -0.484 e. The van der Waals surface area contributed by atoms with Crippen molar-refractivity contribution >= 4 is 33.6 Å². The normalized spacial score (nSPS) is 16.8. The Balaban J connectivity index is 1.34. The van der Waals surface area contributed by atoms with Gasteiger partial charge in [0.2, 0.25) is 0 Å². The lowest BCUT2D eigenvalue weighted by atomic mass is 9.82. The summed E-state index contributed by atoms with van der Waals surface area (Å²) in [5, 5.41) is 10.0. The Kier molecular flexibility index (Phi) is 6.30. The number of carbonyl (C=O) groups is 2. The molecule has 41 heavy (non-hydrogen) atoms. The number of piperazine rings is 1. The van der Waals surface area contributed by atoms with E-state index in [9.17, 15) is 9.59 Å². The van der Waals surface area contributed by atoms with Gasteiger partial charge in [-0.3, -0.25) is 14.3 Å². The second-order valence-electron chi connectivity index (χ2n) is 12.1. The minimum atomic E-state index is -0.0132. The molecule has 3 aliphatic rings. The number of carbonyl (C=O) groups excluding carboxylic acids is 2. The molecule has 0 bridgehead atoms. The third kappa shape index (κ3) is 4.20. The Morgan fingerprint density at radius 2 is 1.90 bits per heavy atom. The van der Waals surface area contributed by atoms with Crippen molar-refractivity contribution in [3.63, 3.8) is 0 Å². The van der Waals surface area contributed by atoms with E-state index >= 15 is 0 Å². The van der Waals surface area contributed by atoms with Crippen LogP contribution in [0, 0.1) is 5.92 Å². The predicted octanol–water partition coefficient (Wildman–Crippen LogP) is 3.74. The Bertz CT molecular complexity index is 1710. The number of aryl methyl sites for hydroxylation is 3. The smallest absolute Gasteiger partial charge is 0.260 e. The first-order chi connectivity index (χ1) is 19.8. The number of rotatable bonds is 6. The van der Waals surface area contributed by atoms with Gasteiger partial charge in [0.25, 0.3) is 11.8 Å². The zero-order valence-electron chi connectivity index (χ0n) is 24.4. The second kappa shape index (κ2) is 9.91. The summed E-state index contributed by atoms with van der Waals surface area (Å²) in [5.41, 5.74) is 8.61. The van der Waals surface area contributed by atoms with Gasteiger partial charge in [0, 0.05) is 79.9 Å². The molecule has 9 nitrogen and oxygen atoms in total. The van der Waals surface area contributed by atoms with Crippen molar-refractivity contribution in [2.24, 2.45) is 13.0 Å². The topological polar surface area (TPSA) is 84.6 Å². The minimum absolute atomic E-state index is 0.0132. The van der Waals surface area contributed by atoms with Crippen LogP contribution in [0.15, 0.2) is 24.4 Å². The van der Waals surface area contributed by atoms with Crippen molar-refractivity contribution < 1.29 is 14.3 Å². The number of fused-ring (bicyclic) bond motifs is 10. The van der Waals surface area contributed by atoms with Crippen molar-refractivity contribution in [2.75, 3.05) is 39.3 Å². The number of hydrogen-bond acceptors (Lipinski definition) is 5. The summed E-state index contributed by atoms with van der Waals surface area (Å²) >= 11 is 0. The van der Waals surface area contributed by atoms with Crippen LogP contribution in [-0.4, -0.2) is 75.3 Å². The van der Waals surface area contributed by atoms with E-state index in [1.807, 2.05) is 22.7 Å². The molecule has 2 aromatic carbocycles. The molecule has 0 radical (unpaired) electrons. The van der Waals surface area contributed by atoms with Crippen LogP contribution in [-0.2, 0) is 37.8 Å². The molecule has 2 amide bonds. The monoisotopic (exact) mass is 554 g/mol. The summed E-state index contributed by atoms with van der Waals surface area (Å²) in [7, 11) is 1.95. The van der Waals surface area contributed by atoms with Gasteiger partial charge in [0.05, 0.1) is 16.8 Å². The predicted molar refractivity (Wildman–Crippen MR) is 159 cm³/mol. The molecule has 214 valence electrons. The van der Waals surface area contributed by atoms with Gasteiger partial charge in [0.1, 0.15) is 5.75 Å². The molecular weight excluding hydrogens is 516 g/mol. The molecule has 2 aliphatic heterocycles. The number of nitrogens with one attached hydrogen (secondary N) is 1. The Hall–Kier alpha value is -3.85. The highest BCUT2D eigenvalue weighted by Crippen LogP contribution is 2.47. The average molecular weight is 555 g/mol. The summed E-state index contributed by atoms with van der Waals surface area (Å²) in [6.45, 7) is 12.4. The Labute approximate surface area is 240 Å². The lowest BCUT2D eigenvalue weighted by molar-refractivity contribution is -0.135. The molecule has 1 saturated heterocycles. The fourth-order valence-electron chi connectivity index (χ4n) is 7.09. The zero-order chi connectivity index (χ0) is 28.4. The Morgan fingerprint density at radius 1 is 1.10 bits per heavy atom. The maximum absolute atomic E-state index is 13.3. The molecule has 0 spiro atoms. The molecule has 4 heterocycles. The van der Waals surface area contributed by atoms with E-state index < -0.39 is 0 Å². The van der Waals surface area contributed by atoms with Gasteiger partial charge in [-0.15, -0.1) is 0 Å². The highest BCUT2D eigenvalue weighted by Gasteiger charge is 2.35. The third-order valence-corrected chi connectivity index (χ3v) is 9.00. The first-order valence-electron chi connectivity index (χ1n) is 14.9. The SMILES string of the molecule is CCN1CCN(C(=O)COc2ccc3c(c2)c2c4c(c5c(c2n3CC(C)C)CCc2nn(C)cc2-5)C(=O)NC4)CC1. The molecule has 2 aromatic heterocycles. The molecule has 4 aromatic rings. The van der Waals surface area contributed by atoms with Crippen LogP contribution in [0.3, 0.4) is 0 Å². The van der Waals surface area contributed by atoms with E-state index in [0.717, 1.165) is 96.3 Å². The van der Waals surface area contributed by atoms with E-state index in [1.54, 1.807) is 0 Å². The van der Waals surface area contributed by atoms with E-state index in [0.29, 0.717) is 18.2 Å². The second-order valence-corrected chi connectivity index (χ2v) is 12.1. The number of nitrogens with zero attached hydrogens (tertiary/aromatic N) is 5. The molecule has 0 saturated carbocycles. The fourth-order valence-corrected chi connectivity index (χ4v) is 7.09. The van der Waals surface area contributed by atoms with Crippen molar-refractivity contribution in [1.29, 1.82) is 0 Å². The molecule has 1 aliphatic carbocycles. The third-order valence-electron chi connectivity index (χ3n) is 9.00. The average Bonchev–Trinajstić information content (AvgIpc) is 3.64. The number of hydrogen-bond donors (Lipinski definition) is 1. The standard InChI is InChI=1S/C32H38N6O3/c1-5-36-10-12-37(13-11-36)27(39)18-41-20-6-9-26-22(14-20)29-23-15-33-32(40)30(23)28-21(31(29)38(26)16-19(2)3)7-8-25-24(28)17-35(4)34-25/h6,9,14,17,19H,5,7-8,10-13,15-16,18H2,1-4H3,(H,33,40). The molecular formula is C32H38N6O3. The van der Waals surface area contributed by atoms with Crippen LogP contribution in [0.1, 0.15) is 48.0 Å². The van der Waals surface area contributed by atoms with Gasteiger partial charge in [0.15, 0.2) is 6.61 Å². The van der Waals surface area contributed by atoms with Crippen LogP contribution in [0.5, 0.6) is 5.75 Å². The van der Waals surface area contributed by atoms with Gasteiger partial charge in [-0.2, -0.15) is 5.10 Å². The summed E-state index contributed by atoms with van der Waals surface area (Å²) in [5.74, 6) is 1.14. The van der Waals surface area contributed by atoms with Crippen molar-refractivity contribution in [1.82, 2.24) is 29.5 Å². The van der Waals surface area contributed by atoms with Crippen molar-refractivity contribution in [2.45, 2.75) is 46.7 Å². The summed E-state index contributed by atoms with van der Waals surface area (Å²) in [4.78, 5) is 30.5. The number of likely N-dealkylation sites (N-methyl/N-ethyl adjacent to an activating group) is 1. The lowest BCUT2D eigenvalue weighted by Gasteiger charge is -2.33. The maximum Gasteiger partial charge on any atom is 0.260 e. The van der Waals surface area contributed by atoms with Crippen molar-refractivity contribution in [3.05, 3.63) is 46.8 Å². The van der Waals surface area contributed by atoms with Crippen LogP contribution in [0.2, 0.25) is 0 Å². The van der Waals surface area contributed by atoms with E-state index in [-0.39, 0.29) is 18.4 Å². The molecule has 0 unspecified atom stereocenters.